The van der Waals surface area contributed by atoms with Gasteiger partial charge in [0.25, 0.3) is 5.91 Å². The first-order chi connectivity index (χ1) is 13.0. The standard InChI is InChI=1S/C19H18N2O5S/c22-16(20-9-12-2-1-6-26-12)13-5-7-27-18(13)21-17(23)14-10-3-4-11(8-10)15(14)19(24)25/h1-7,10-11,14-15H,8-9H2,(H,20,22)(H,21,23)(H,24,25)/t10-,11-,14+,15+/m0/s1. The van der Waals surface area contributed by atoms with E-state index in [2.05, 4.69) is 10.6 Å². The number of carbonyl (C=O) groups excluding carboxylic acids is 2. The van der Waals surface area contributed by atoms with Crippen molar-refractivity contribution in [1.29, 1.82) is 0 Å². The second-order valence-corrected chi connectivity index (χ2v) is 7.67. The minimum atomic E-state index is -0.949. The molecule has 0 radical (unpaired) electrons. The van der Waals surface area contributed by atoms with Gasteiger partial charge in [-0.05, 0) is 41.8 Å². The highest BCUT2D eigenvalue weighted by Gasteiger charge is 2.51. The maximum absolute atomic E-state index is 12.8. The molecule has 2 heterocycles. The zero-order valence-corrected chi connectivity index (χ0v) is 15.1. The summed E-state index contributed by atoms with van der Waals surface area (Å²) < 4.78 is 5.18. The number of nitrogens with one attached hydrogen (secondary N) is 2. The smallest absolute Gasteiger partial charge is 0.307 e. The predicted octanol–water partition coefficient (Wildman–Crippen LogP) is 2.73. The van der Waals surface area contributed by atoms with E-state index >= 15 is 0 Å². The number of allylic oxidation sites excluding steroid dienone is 2. The fraction of sp³-hybridized carbons (Fsp3) is 0.316. The van der Waals surface area contributed by atoms with Crippen molar-refractivity contribution in [2.24, 2.45) is 23.7 Å². The van der Waals surface area contributed by atoms with Gasteiger partial charge >= 0.3 is 5.97 Å². The van der Waals surface area contributed by atoms with Crippen molar-refractivity contribution in [2.45, 2.75) is 13.0 Å². The summed E-state index contributed by atoms with van der Waals surface area (Å²) in [5, 5.41) is 17.2. The molecular weight excluding hydrogens is 368 g/mol. The molecule has 2 aliphatic rings. The summed E-state index contributed by atoms with van der Waals surface area (Å²) in [7, 11) is 0. The van der Waals surface area contributed by atoms with Crippen LogP contribution in [0.25, 0.3) is 0 Å². The molecule has 0 aliphatic heterocycles. The summed E-state index contributed by atoms with van der Waals surface area (Å²) in [6.07, 6.45) is 6.04. The first-order valence-corrected chi connectivity index (χ1v) is 9.52. The number of aliphatic carboxylic acids is 1. The fourth-order valence-corrected chi connectivity index (χ4v) is 4.76. The van der Waals surface area contributed by atoms with Crippen LogP contribution in [0.4, 0.5) is 5.00 Å². The van der Waals surface area contributed by atoms with Crippen LogP contribution < -0.4 is 10.6 Å². The van der Waals surface area contributed by atoms with Crippen molar-refractivity contribution in [1.82, 2.24) is 5.32 Å². The van der Waals surface area contributed by atoms with E-state index < -0.39 is 17.8 Å². The molecule has 8 heteroatoms. The molecule has 1 saturated carbocycles. The minimum Gasteiger partial charge on any atom is -0.481 e. The Morgan fingerprint density at radius 3 is 2.67 bits per heavy atom. The van der Waals surface area contributed by atoms with Crippen LogP contribution in [0.2, 0.25) is 0 Å². The number of hydrogen-bond donors (Lipinski definition) is 3. The maximum atomic E-state index is 12.8. The minimum absolute atomic E-state index is 0.0627. The van der Waals surface area contributed by atoms with Gasteiger partial charge in [0.15, 0.2) is 0 Å². The highest BCUT2D eigenvalue weighted by atomic mass is 32.1. The Morgan fingerprint density at radius 1 is 1.19 bits per heavy atom. The van der Waals surface area contributed by atoms with Gasteiger partial charge in [0.2, 0.25) is 5.91 Å². The molecule has 0 spiro atoms. The lowest BCUT2D eigenvalue weighted by molar-refractivity contribution is -0.146. The average Bonchev–Trinajstić information content (AvgIpc) is 3.42. The van der Waals surface area contributed by atoms with Gasteiger partial charge in [-0.15, -0.1) is 11.3 Å². The van der Waals surface area contributed by atoms with E-state index in [1.54, 1.807) is 23.6 Å². The molecule has 140 valence electrons. The molecule has 0 unspecified atom stereocenters. The number of fused-ring (bicyclic) bond motifs is 2. The van der Waals surface area contributed by atoms with E-state index in [1.165, 1.54) is 17.6 Å². The van der Waals surface area contributed by atoms with E-state index in [0.29, 0.717) is 22.7 Å². The Kier molecular flexibility index (Phi) is 4.57. The van der Waals surface area contributed by atoms with Gasteiger partial charge < -0.3 is 20.2 Å². The van der Waals surface area contributed by atoms with Crippen LogP contribution >= 0.6 is 11.3 Å². The van der Waals surface area contributed by atoms with Gasteiger partial charge in [-0.2, -0.15) is 0 Å². The summed E-state index contributed by atoms with van der Waals surface area (Å²) in [6, 6.07) is 5.12. The summed E-state index contributed by atoms with van der Waals surface area (Å²) in [5.41, 5.74) is 0.352. The number of anilines is 1. The highest BCUT2D eigenvalue weighted by molar-refractivity contribution is 7.14. The zero-order valence-electron chi connectivity index (χ0n) is 14.3. The monoisotopic (exact) mass is 386 g/mol. The lowest BCUT2D eigenvalue weighted by Crippen LogP contribution is -2.36. The summed E-state index contributed by atoms with van der Waals surface area (Å²) >= 11 is 1.24. The number of rotatable bonds is 6. The predicted molar refractivity (Wildman–Crippen MR) is 98.2 cm³/mol. The molecule has 2 aromatic heterocycles. The van der Waals surface area contributed by atoms with Crippen LogP contribution in [-0.2, 0) is 16.1 Å². The van der Waals surface area contributed by atoms with Crippen LogP contribution in [0.1, 0.15) is 22.5 Å². The molecule has 2 aliphatic carbocycles. The van der Waals surface area contributed by atoms with Gasteiger partial charge in [-0.3, -0.25) is 14.4 Å². The van der Waals surface area contributed by atoms with Gasteiger partial charge in [0, 0.05) is 0 Å². The number of thiophene rings is 1. The highest BCUT2D eigenvalue weighted by Crippen LogP contribution is 2.48. The zero-order chi connectivity index (χ0) is 19.0. The van der Waals surface area contributed by atoms with Crippen LogP contribution in [0.5, 0.6) is 0 Å². The molecule has 1 fully saturated rings. The Labute approximate surface area is 159 Å². The molecule has 3 N–H and O–H groups in total. The van der Waals surface area contributed by atoms with E-state index in [4.69, 9.17) is 4.42 Å². The molecule has 2 aromatic rings. The van der Waals surface area contributed by atoms with Gasteiger partial charge in [-0.25, -0.2) is 0 Å². The van der Waals surface area contributed by atoms with Crippen molar-refractivity contribution >= 4 is 34.1 Å². The first-order valence-electron chi connectivity index (χ1n) is 8.64. The van der Waals surface area contributed by atoms with E-state index in [0.717, 1.165) is 0 Å². The SMILES string of the molecule is O=C(NCc1ccco1)c1ccsc1NC(=O)[C@H]1[C@H](C(=O)O)[C@H]2C=C[C@H]1C2. The summed E-state index contributed by atoms with van der Waals surface area (Å²) in [4.78, 5) is 36.8. The number of hydrogen-bond acceptors (Lipinski definition) is 5. The van der Waals surface area contributed by atoms with Gasteiger partial charge in [0.05, 0.1) is 30.2 Å². The van der Waals surface area contributed by atoms with E-state index in [9.17, 15) is 19.5 Å². The Hall–Kier alpha value is -2.87. The Balaban J connectivity index is 1.45. The molecule has 4 atom stereocenters. The largest absolute Gasteiger partial charge is 0.481 e. The quantitative estimate of drug-likeness (QED) is 0.662. The fourth-order valence-electron chi connectivity index (χ4n) is 3.97. The topological polar surface area (TPSA) is 109 Å². The first kappa shape index (κ1) is 17.5. The average molecular weight is 386 g/mol. The van der Waals surface area contributed by atoms with Crippen molar-refractivity contribution < 1.29 is 23.9 Å². The van der Waals surface area contributed by atoms with Crippen molar-refractivity contribution in [3.8, 4) is 0 Å². The summed E-state index contributed by atoms with van der Waals surface area (Å²) in [6.45, 7) is 0.243. The number of carboxylic acids is 1. The molecule has 2 bridgehead atoms. The lowest BCUT2D eigenvalue weighted by atomic mass is 9.82. The third-order valence-electron chi connectivity index (χ3n) is 5.20. The third kappa shape index (κ3) is 3.28. The molecule has 27 heavy (non-hydrogen) atoms. The molecule has 2 amide bonds. The molecule has 0 saturated heterocycles. The van der Waals surface area contributed by atoms with E-state index in [1.807, 2.05) is 12.2 Å². The van der Waals surface area contributed by atoms with Crippen LogP contribution in [0.3, 0.4) is 0 Å². The third-order valence-corrected chi connectivity index (χ3v) is 6.03. The normalized spacial score (nSPS) is 25.5. The van der Waals surface area contributed by atoms with E-state index in [-0.39, 0.29) is 30.2 Å². The van der Waals surface area contributed by atoms with Crippen LogP contribution in [0.15, 0.2) is 46.4 Å². The van der Waals surface area contributed by atoms with Crippen molar-refractivity contribution in [2.75, 3.05) is 5.32 Å². The van der Waals surface area contributed by atoms with Gasteiger partial charge in [0.1, 0.15) is 10.8 Å². The van der Waals surface area contributed by atoms with Crippen LogP contribution in [0, 0.1) is 23.7 Å². The number of carbonyl (C=O) groups is 3. The summed E-state index contributed by atoms with van der Waals surface area (Å²) in [5.74, 6) is -2.48. The maximum Gasteiger partial charge on any atom is 0.307 e. The van der Waals surface area contributed by atoms with Crippen molar-refractivity contribution in [3.05, 3.63) is 53.3 Å². The molecule has 7 nitrogen and oxygen atoms in total. The number of carboxylic acid groups (broad SMARTS) is 1. The second kappa shape index (κ2) is 7.03. The number of amides is 2. The molecular formula is C19H18N2O5S. The number of furan rings is 1. The Bertz CT molecular complexity index is 901. The lowest BCUT2D eigenvalue weighted by Gasteiger charge is -2.23. The second-order valence-electron chi connectivity index (χ2n) is 6.75. The van der Waals surface area contributed by atoms with Crippen LogP contribution in [-0.4, -0.2) is 22.9 Å². The molecule has 0 aromatic carbocycles. The van der Waals surface area contributed by atoms with Gasteiger partial charge in [-0.1, -0.05) is 12.2 Å². The van der Waals surface area contributed by atoms with Crippen molar-refractivity contribution in [3.63, 3.8) is 0 Å². The molecule has 4 rings (SSSR count). The Morgan fingerprint density at radius 2 is 1.96 bits per heavy atom.